The number of aliphatic hydroxyl groups excluding tert-OH is 1. The molecule has 2 aromatic carbocycles. The van der Waals surface area contributed by atoms with Crippen LogP contribution in [0.2, 0.25) is 0 Å². The number of hydrogen-bond acceptors (Lipinski definition) is 5. The number of methoxy groups -OCH3 is 1. The summed E-state index contributed by atoms with van der Waals surface area (Å²) in [6, 6.07) is 15.9. The third-order valence-corrected chi connectivity index (χ3v) is 5.68. The Kier molecular flexibility index (Phi) is 4.31. The molecule has 1 N–H and O–H groups in total. The zero-order valence-corrected chi connectivity index (χ0v) is 14.8. The first-order valence-corrected chi connectivity index (χ1v) is 8.81. The summed E-state index contributed by atoms with van der Waals surface area (Å²) in [5.74, 6) is 1.83. The van der Waals surface area contributed by atoms with Crippen molar-refractivity contribution in [3.8, 4) is 17.6 Å². The van der Waals surface area contributed by atoms with Gasteiger partial charge in [0.1, 0.15) is 11.5 Å². The van der Waals surface area contributed by atoms with Gasteiger partial charge in [-0.1, -0.05) is 24.3 Å². The Morgan fingerprint density at radius 1 is 1.35 bits per heavy atom. The summed E-state index contributed by atoms with van der Waals surface area (Å²) in [6.45, 7) is 2.86. The van der Waals surface area contributed by atoms with E-state index in [0.29, 0.717) is 18.7 Å². The fraction of sp³-hybridized carbons (Fsp3) is 0.381. The van der Waals surface area contributed by atoms with Crippen LogP contribution >= 0.6 is 0 Å². The van der Waals surface area contributed by atoms with E-state index < -0.39 is 0 Å². The molecule has 0 spiro atoms. The van der Waals surface area contributed by atoms with Crippen LogP contribution in [0.25, 0.3) is 0 Å². The molecule has 2 aliphatic heterocycles. The van der Waals surface area contributed by atoms with Crippen molar-refractivity contribution < 1.29 is 14.6 Å². The second-order valence-electron chi connectivity index (χ2n) is 7.20. The van der Waals surface area contributed by atoms with Crippen LogP contribution in [0.5, 0.6) is 11.5 Å². The molecule has 0 aliphatic carbocycles. The molecular weight excluding hydrogens is 328 g/mol. The number of rotatable bonds is 4. The van der Waals surface area contributed by atoms with Gasteiger partial charge in [0, 0.05) is 37.0 Å². The maximum atomic E-state index is 10.2. The van der Waals surface area contributed by atoms with Crippen LogP contribution in [0.15, 0.2) is 42.5 Å². The molecule has 1 saturated heterocycles. The van der Waals surface area contributed by atoms with Crippen LogP contribution in [0.1, 0.15) is 22.6 Å². The molecule has 0 unspecified atom stereocenters. The van der Waals surface area contributed by atoms with E-state index in [0.717, 1.165) is 35.7 Å². The third kappa shape index (κ3) is 2.72. The van der Waals surface area contributed by atoms with Gasteiger partial charge in [-0.2, -0.15) is 5.26 Å². The van der Waals surface area contributed by atoms with Gasteiger partial charge in [-0.05, 0) is 23.3 Å². The fourth-order valence-corrected chi connectivity index (χ4v) is 4.26. The number of nitrogens with zero attached hydrogens (tertiary/aromatic N) is 2. The van der Waals surface area contributed by atoms with Crippen LogP contribution in [0, 0.1) is 16.7 Å². The lowest BCUT2D eigenvalue weighted by molar-refractivity contribution is 0.0456. The van der Waals surface area contributed by atoms with Gasteiger partial charge in [-0.15, -0.1) is 0 Å². The largest absolute Gasteiger partial charge is 0.497 e. The summed E-state index contributed by atoms with van der Waals surface area (Å²) in [4.78, 5) is 2.32. The van der Waals surface area contributed by atoms with Crippen LogP contribution in [0.3, 0.4) is 0 Å². The maximum absolute atomic E-state index is 10.2. The molecule has 134 valence electrons. The Balaban J connectivity index is 1.63. The molecule has 5 nitrogen and oxygen atoms in total. The van der Waals surface area contributed by atoms with Gasteiger partial charge in [0.25, 0.3) is 0 Å². The number of ether oxygens (including phenoxy) is 2. The highest BCUT2D eigenvalue weighted by Gasteiger charge is 2.50. The number of hydrogen-bond donors (Lipinski definition) is 1. The minimum atomic E-state index is -0.302. The zero-order chi connectivity index (χ0) is 18.1. The van der Waals surface area contributed by atoms with Crippen LogP contribution in [-0.4, -0.2) is 43.4 Å². The van der Waals surface area contributed by atoms with Crippen LogP contribution in [-0.2, 0) is 6.54 Å². The molecule has 0 saturated carbocycles. The van der Waals surface area contributed by atoms with Crippen LogP contribution < -0.4 is 9.47 Å². The molecule has 0 radical (unpaired) electrons. The van der Waals surface area contributed by atoms with Gasteiger partial charge in [-0.25, -0.2) is 0 Å². The molecule has 1 fully saturated rings. The van der Waals surface area contributed by atoms with Gasteiger partial charge < -0.3 is 14.6 Å². The number of nitriles is 1. The standard InChI is InChI=1S/C21H22N2O3/c1-25-17-6-7-18-19-11-23(10-16-5-3-2-4-15(16)9-22)12-21(19,13-24)14-26-20(18)8-17/h2-8,19,24H,10-14H2,1H3/t19-,21-/m1/s1. The number of aliphatic hydroxyl groups is 1. The molecule has 0 amide bonds. The SMILES string of the molecule is COc1ccc2c(c1)OC[C@]1(CO)CN(Cc3ccccc3C#N)C[C@H]21. The van der Waals surface area contributed by atoms with Crippen molar-refractivity contribution >= 4 is 0 Å². The average molecular weight is 350 g/mol. The normalized spacial score (nSPS) is 24.3. The van der Waals surface area contributed by atoms with Gasteiger partial charge in [0.15, 0.2) is 0 Å². The molecule has 0 aromatic heterocycles. The lowest BCUT2D eigenvalue weighted by Gasteiger charge is -2.38. The van der Waals surface area contributed by atoms with Crippen molar-refractivity contribution in [1.29, 1.82) is 5.26 Å². The first-order chi connectivity index (χ1) is 12.7. The molecule has 5 heteroatoms. The molecule has 2 atom stereocenters. The average Bonchev–Trinajstić information content (AvgIpc) is 3.07. The highest BCUT2D eigenvalue weighted by molar-refractivity contribution is 5.46. The molecule has 26 heavy (non-hydrogen) atoms. The predicted octanol–water partition coefficient (Wildman–Crippen LogP) is 2.54. The minimum absolute atomic E-state index is 0.0829. The smallest absolute Gasteiger partial charge is 0.126 e. The molecule has 2 aromatic rings. The Hall–Kier alpha value is -2.55. The first-order valence-electron chi connectivity index (χ1n) is 8.81. The Morgan fingerprint density at radius 2 is 2.19 bits per heavy atom. The number of likely N-dealkylation sites (tertiary alicyclic amines) is 1. The maximum Gasteiger partial charge on any atom is 0.126 e. The van der Waals surface area contributed by atoms with Crippen molar-refractivity contribution in [3.63, 3.8) is 0 Å². The summed E-state index contributed by atoms with van der Waals surface area (Å²) in [7, 11) is 1.65. The summed E-state index contributed by atoms with van der Waals surface area (Å²) >= 11 is 0. The Morgan fingerprint density at radius 3 is 2.96 bits per heavy atom. The van der Waals surface area contributed by atoms with Crippen molar-refractivity contribution in [3.05, 3.63) is 59.2 Å². The van der Waals surface area contributed by atoms with E-state index in [4.69, 9.17) is 9.47 Å². The topological polar surface area (TPSA) is 65.7 Å². The van der Waals surface area contributed by atoms with Crippen molar-refractivity contribution in [2.24, 2.45) is 5.41 Å². The molecule has 2 aliphatic rings. The van der Waals surface area contributed by atoms with Gasteiger partial charge >= 0.3 is 0 Å². The van der Waals surface area contributed by atoms with E-state index in [-0.39, 0.29) is 17.9 Å². The Bertz CT molecular complexity index is 861. The van der Waals surface area contributed by atoms with E-state index in [1.165, 1.54) is 0 Å². The number of benzene rings is 2. The van der Waals surface area contributed by atoms with Crippen LogP contribution in [0.4, 0.5) is 0 Å². The molecule has 4 rings (SSSR count). The summed E-state index contributed by atoms with van der Waals surface area (Å²) in [6.07, 6.45) is 0. The number of fused-ring (bicyclic) bond motifs is 3. The third-order valence-electron chi connectivity index (χ3n) is 5.68. The highest BCUT2D eigenvalue weighted by Crippen LogP contribution is 2.50. The van der Waals surface area contributed by atoms with E-state index in [1.807, 2.05) is 36.4 Å². The van der Waals surface area contributed by atoms with Crippen molar-refractivity contribution in [1.82, 2.24) is 4.90 Å². The summed E-state index contributed by atoms with van der Waals surface area (Å²) in [5, 5.41) is 19.5. The van der Waals surface area contributed by atoms with Gasteiger partial charge in [-0.3, -0.25) is 4.90 Å². The van der Waals surface area contributed by atoms with Crippen molar-refractivity contribution in [2.75, 3.05) is 33.4 Å². The first kappa shape index (κ1) is 16.9. The Labute approximate surface area is 153 Å². The lowest BCUT2D eigenvalue weighted by atomic mass is 9.74. The van der Waals surface area contributed by atoms with Gasteiger partial charge in [0.05, 0.1) is 32.0 Å². The van der Waals surface area contributed by atoms with Gasteiger partial charge in [0.2, 0.25) is 0 Å². The van der Waals surface area contributed by atoms with Crippen molar-refractivity contribution in [2.45, 2.75) is 12.5 Å². The monoisotopic (exact) mass is 350 g/mol. The lowest BCUT2D eigenvalue weighted by Crippen LogP contribution is -2.42. The highest BCUT2D eigenvalue weighted by atomic mass is 16.5. The fourth-order valence-electron chi connectivity index (χ4n) is 4.26. The zero-order valence-electron chi connectivity index (χ0n) is 14.8. The molecule has 2 heterocycles. The summed E-state index contributed by atoms with van der Waals surface area (Å²) < 4.78 is 11.3. The molecular formula is C21H22N2O3. The minimum Gasteiger partial charge on any atom is -0.497 e. The quantitative estimate of drug-likeness (QED) is 0.918. The predicted molar refractivity (Wildman–Crippen MR) is 97.2 cm³/mol. The van der Waals surface area contributed by atoms with E-state index in [2.05, 4.69) is 17.0 Å². The van der Waals surface area contributed by atoms with E-state index in [1.54, 1.807) is 7.11 Å². The summed E-state index contributed by atoms with van der Waals surface area (Å²) in [5.41, 5.74) is 2.56. The molecule has 0 bridgehead atoms. The van der Waals surface area contributed by atoms with E-state index in [9.17, 15) is 10.4 Å². The van der Waals surface area contributed by atoms with E-state index >= 15 is 0 Å². The second-order valence-corrected chi connectivity index (χ2v) is 7.20. The second kappa shape index (κ2) is 6.64.